The highest BCUT2D eigenvalue weighted by atomic mass is 16.7. The molecule has 2 unspecified atom stereocenters. The lowest BCUT2D eigenvalue weighted by molar-refractivity contribution is -0.294. The normalized spacial score (nSPS) is 36.0. The quantitative estimate of drug-likeness (QED) is 0.0568. The van der Waals surface area contributed by atoms with Crippen LogP contribution in [0.15, 0.2) is 128 Å². The van der Waals surface area contributed by atoms with Gasteiger partial charge in [0.25, 0.3) is 0 Å². The Kier molecular flexibility index (Phi) is 30.5. The Labute approximate surface area is 618 Å². The van der Waals surface area contributed by atoms with Crippen LogP contribution in [-0.4, -0.2) is 216 Å². The number of imidazole rings is 1. The number of aromatic nitrogens is 2. The topological polar surface area (TPSA) is 300 Å². The van der Waals surface area contributed by atoms with Crippen molar-refractivity contribution >= 4 is 53.1 Å². The van der Waals surface area contributed by atoms with Crippen LogP contribution in [0.2, 0.25) is 0 Å². The predicted molar refractivity (Wildman–Crippen MR) is 389 cm³/mol. The fourth-order valence-corrected chi connectivity index (χ4v) is 14.6. The van der Waals surface area contributed by atoms with E-state index in [4.69, 9.17) is 52.1 Å². The van der Waals surface area contributed by atoms with Gasteiger partial charge in [0.15, 0.2) is 53.5 Å². The molecular weight excluding hydrogens is 1350 g/mol. The number of carbonyl (C=O) groups is 9. The fraction of sp³-hybridized carbons (Fsp3) is 0.600. The number of likely N-dealkylation sites (N-methyl/N-ethyl adjacent to an activating group) is 2. The van der Waals surface area contributed by atoms with Crippen LogP contribution in [0.25, 0.3) is 0 Å². The van der Waals surface area contributed by atoms with Crippen LogP contribution in [0.3, 0.4) is 0 Å². The SMILES string of the molecule is C=C[C@]1(O)/C=C(\C)C(=O)[C@H](C)C[C@](C)(OC)[C@H](OC2O[C@H](C)C[C@H](N(C)C)[C@H]2OC(=O)c2ccccc2)[C@@H](C)C(=O)[C@@H](C)C(=O)O[C@@H]1CC.C=C[C@]1(OC(=O)n2ccnc2)/C=C(\C)C(=O)[C@H](C)C[C@](C)(OC)[C@H](OC2O[C@H](C)C[C@H](N(C)C)[C@H]2OC(=O)c2ccccc2)[C@@H](C)C(=O)[C@@H](C)C(=O)O[C@@H]1CC. The van der Waals surface area contributed by atoms with E-state index in [0.29, 0.717) is 24.0 Å². The molecule has 7 rings (SSSR count). The summed E-state index contributed by atoms with van der Waals surface area (Å²) in [5.74, 6) is -10.5. The summed E-state index contributed by atoms with van der Waals surface area (Å²) in [5.41, 5.74) is -5.12. The molecule has 0 aliphatic carbocycles. The van der Waals surface area contributed by atoms with Gasteiger partial charge in [0, 0.05) is 50.3 Å². The number of methoxy groups -OCH3 is 2. The number of Topliss-reactive ketones (excluding diaryl/α,β-unsaturated/α-hetero) is 4. The molecule has 105 heavy (non-hydrogen) atoms. The van der Waals surface area contributed by atoms with Gasteiger partial charge in [0.2, 0.25) is 0 Å². The molecule has 0 bridgehead atoms. The number of esters is 4. The Morgan fingerprint density at radius 1 is 0.619 bits per heavy atom. The van der Waals surface area contributed by atoms with E-state index in [0.717, 1.165) is 4.57 Å². The maximum Gasteiger partial charge on any atom is 0.420 e. The number of nitrogens with zero attached hydrogens (tertiary/aromatic N) is 4. The standard InChI is InChI=1S/C42H57N3O11.C38H55NO10/c1-12-32-42(13-2,56-40(50)45-20-19-43-24-45)23-26(4)33(46)25(3)22-41(8,51-11)36(28(6)34(47)29(7)37(48)53-32)55-39-35(31(44(9)10)21-27(5)52-39)54-38(49)30-17-15-14-16-18-30;1-12-29-38(44,13-2)21-23(4)30(40)22(3)20-37(8,45-11)33(25(6)31(41)26(7)34(42)47-29)49-36-32(28(39(9)10)19-24(5)46-36)48-35(43)27-17-15-14-16-18-27/h13-20,23-25,27-29,31-32,35-36,39H,2,12,21-22H2,1,3-11H3;13-18,21-22,24-26,28-29,32-33,36,44H,2,12,19-20H2,1,3-11H3/b26-23+;23-21+/t25-,27-,28+,29-,31+,32-,35-,36-,39?,41+,42+;22-,24-,25+,26-,28+,29-,32-,33-,36?,37+,38+/m11/s1. The molecule has 0 saturated carbocycles. The summed E-state index contributed by atoms with van der Waals surface area (Å²) < 4.78 is 69.6. The third kappa shape index (κ3) is 20.5. The van der Waals surface area contributed by atoms with Crippen LogP contribution in [-0.2, 0) is 80.9 Å². The molecule has 25 nitrogen and oxygen atoms in total. The van der Waals surface area contributed by atoms with Crippen LogP contribution in [0.4, 0.5) is 4.79 Å². The zero-order chi connectivity index (χ0) is 78.4. The average Bonchev–Trinajstić information content (AvgIpc) is 1.12. The maximum atomic E-state index is 14.5. The molecule has 578 valence electrons. The van der Waals surface area contributed by atoms with E-state index < -0.39 is 149 Å². The van der Waals surface area contributed by atoms with Gasteiger partial charge in [0.05, 0.1) is 58.8 Å². The van der Waals surface area contributed by atoms with E-state index in [9.17, 15) is 48.3 Å². The van der Waals surface area contributed by atoms with E-state index in [-0.39, 0.29) is 72.7 Å². The summed E-state index contributed by atoms with van der Waals surface area (Å²) in [6, 6.07) is 16.5. The van der Waals surface area contributed by atoms with Crippen LogP contribution >= 0.6 is 0 Å². The van der Waals surface area contributed by atoms with E-state index >= 15 is 0 Å². The van der Waals surface area contributed by atoms with Crippen molar-refractivity contribution in [2.75, 3.05) is 42.4 Å². The van der Waals surface area contributed by atoms with Gasteiger partial charge in [-0.2, -0.15) is 0 Å². The summed E-state index contributed by atoms with van der Waals surface area (Å²) in [4.78, 5) is 132. The van der Waals surface area contributed by atoms with Crippen molar-refractivity contribution in [3.63, 3.8) is 0 Å². The average molecular weight is 1470 g/mol. The third-order valence-electron chi connectivity index (χ3n) is 21.0. The number of ketones is 4. The Morgan fingerprint density at radius 2 is 1.02 bits per heavy atom. The van der Waals surface area contributed by atoms with Crippen molar-refractivity contribution in [3.05, 3.63) is 139 Å². The van der Waals surface area contributed by atoms with Gasteiger partial charge in [-0.15, -0.1) is 0 Å². The first-order chi connectivity index (χ1) is 49.3. The lowest BCUT2D eigenvalue weighted by Gasteiger charge is -2.47. The molecule has 2 aromatic carbocycles. The zero-order valence-electron chi connectivity index (χ0n) is 64.8. The van der Waals surface area contributed by atoms with Gasteiger partial charge in [0.1, 0.15) is 36.0 Å². The van der Waals surface area contributed by atoms with Gasteiger partial charge in [-0.1, -0.05) is 97.2 Å². The van der Waals surface area contributed by atoms with Gasteiger partial charge in [-0.3, -0.25) is 28.8 Å². The fourth-order valence-electron chi connectivity index (χ4n) is 14.6. The first-order valence-corrected chi connectivity index (χ1v) is 36.1. The van der Waals surface area contributed by atoms with E-state index in [1.165, 1.54) is 71.1 Å². The number of allylic oxidation sites excluding steroid dienone is 2. The highest BCUT2D eigenvalue weighted by Gasteiger charge is 2.54. The third-order valence-corrected chi connectivity index (χ3v) is 21.0. The minimum atomic E-state index is -1.84. The number of rotatable bonds is 17. The number of hydrogen-bond donors (Lipinski definition) is 1. The first kappa shape index (κ1) is 86.2. The Balaban J connectivity index is 0.000000332. The van der Waals surface area contributed by atoms with Crippen LogP contribution in [0.1, 0.15) is 156 Å². The Morgan fingerprint density at radius 3 is 1.37 bits per heavy atom. The van der Waals surface area contributed by atoms with Gasteiger partial charge < -0.3 is 67.0 Å². The van der Waals surface area contributed by atoms with Crippen molar-refractivity contribution in [2.45, 2.75) is 231 Å². The molecule has 0 spiro atoms. The minimum Gasteiger partial charge on any atom is -0.458 e. The summed E-state index contributed by atoms with van der Waals surface area (Å²) in [6.45, 7) is 31.1. The molecule has 25 heteroatoms. The summed E-state index contributed by atoms with van der Waals surface area (Å²) >= 11 is 0. The summed E-state index contributed by atoms with van der Waals surface area (Å²) in [5, 5.41) is 11.5. The molecular formula is C80H112N4O21. The van der Waals surface area contributed by atoms with Gasteiger partial charge in [-0.05, 0) is 176 Å². The second-order valence-electron chi connectivity index (χ2n) is 29.4. The second-order valence-corrected chi connectivity index (χ2v) is 29.4. The molecule has 22 atom stereocenters. The van der Waals surface area contributed by atoms with E-state index in [1.54, 1.807) is 130 Å². The largest absolute Gasteiger partial charge is 0.458 e. The van der Waals surface area contributed by atoms with Crippen LogP contribution in [0.5, 0.6) is 0 Å². The number of aliphatic hydroxyl groups is 1. The number of cyclic esters (lactones) is 2. The monoisotopic (exact) mass is 1460 g/mol. The van der Waals surface area contributed by atoms with Crippen molar-refractivity contribution in [3.8, 4) is 0 Å². The second kappa shape index (κ2) is 37.2. The van der Waals surface area contributed by atoms with Crippen molar-refractivity contribution < 1.29 is 100 Å². The molecule has 2 saturated heterocycles. The first-order valence-electron chi connectivity index (χ1n) is 36.1. The number of ether oxygens (including phenoxy) is 11. The molecule has 1 N–H and O–H groups in total. The van der Waals surface area contributed by atoms with Gasteiger partial charge >= 0.3 is 30.0 Å². The highest BCUT2D eigenvalue weighted by Crippen LogP contribution is 2.42. The molecule has 4 aliphatic rings. The number of carbonyl (C=O) groups excluding carboxylic acids is 9. The summed E-state index contributed by atoms with van der Waals surface area (Å²) in [7, 11) is 10.4. The van der Waals surface area contributed by atoms with E-state index in [2.05, 4.69) is 18.1 Å². The van der Waals surface area contributed by atoms with Crippen molar-refractivity contribution in [1.82, 2.24) is 19.4 Å². The van der Waals surface area contributed by atoms with Crippen LogP contribution in [0, 0.1) is 35.5 Å². The molecule has 2 fully saturated rings. The lowest BCUT2D eigenvalue weighted by Crippen LogP contribution is -2.60. The maximum absolute atomic E-state index is 14.5. The summed E-state index contributed by atoms with van der Waals surface area (Å²) in [6.07, 6.45) is 0.739. The molecule has 5 heterocycles. The van der Waals surface area contributed by atoms with Crippen molar-refractivity contribution in [1.29, 1.82) is 0 Å². The van der Waals surface area contributed by atoms with Crippen LogP contribution < -0.4 is 0 Å². The number of hydrogen-bond acceptors (Lipinski definition) is 24. The minimum absolute atomic E-state index is 0.0512. The van der Waals surface area contributed by atoms with Crippen molar-refractivity contribution in [2.24, 2.45) is 35.5 Å². The van der Waals surface area contributed by atoms with E-state index in [1.807, 2.05) is 51.8 Å². The molecule has 4 aliphatic heterocycles. The molecule has 1 aromatic heterocycles. The molecule has 3 aromatic rings. The molecule has 0 amide bonds. The highest BCUT2D eigenvalue weighted by molar-refractivity contribution is 6.01. The molecule has 0 radical (unpaired) electrons. The lowest BCUT2D eigenvalue weighted by atomic mass is 9.76. The smallest absolute Gasteiger partial charge is 0.420 e. The Hall–Kier alpha value is -7.72. The Bertz CT molecular complexity index is 3580. The zero-order valence-corrected chi connectivity index (χ0v) is 64.8. The van der Waals surface area contributed by atoms with Gasteiger partial charge in [-0.25, -0.2) is 23.9 Å². The predicted octanol–water partition coefficient (Wildman–Crippen LogP) is 10.3. The number of benzene rings is 2.